The Labute approximate surface area is 111 Å². The molecule has 0 fully saturated rings. The van der Waals surface area contributed by atoms with Gasteiger partial charge in [0.1, 0.15) is 0 Å². The molecule has 3 unspecified atom stereocenters. The highest BCUT2D eigenvalue weighted by Crippen LogP contribution is 2.32. The summed E-state index contributed by atoms with van der Waals surface area (Å²) < 4.78 is 0. The fourth-order valence-electron chi connectivity index (χ4n) is 2.27. The van der Waals surface area contributed by atoms with Crippen molar-refractivity contribution in [1.82, 2.24) is 4.98 Å². The van der Waals surface area contributed by atoms with Crippen LogP contribution in [0.15, 0.2) is 24.4 Å². The van der Waals surface area contributed by atoms with Gasteiger partial charge in [-0.15, -0.1) is 11.6 Å². The summed E-state index contributed by atoms with van der Waals surface area (Å²) in [5, 5.41) is 0.196. The van der Waals surface area contributed by atoms with Gasteiger partial charge >= 0.3 is 0 Å². The predicted molar refractivity (Wildman–Crippen MR) is 75.6 cm³/mol. The van der Waals surface area contributed by atoms with Crippen molar-refractivity contribution in [2.24, 2.45) is 5.92 Å². The standard InChI is InChI=1S/C15H24ClN/c1-4-6-9-13(5-2)15(16)12(3)14-10-7-8-11-17-14/h7-8,10-13,15H,4-6,9H2,1-3H3. The van der Waals surface area contributed by atoms with Gasteiger partial charge in [-0.25, -0.2) is 0 Å². The van der Waals surface area contributed by atoms with E-state index in [0.29, 0.717) is 11.8 Å². The van der Waals surface area contributed by atoms with Crippen molar-refractivity contribution in [2.45, 2.75) is 57.7 Å². The van der Waals surface area contributed by atoms with Crippen LogP contribution in [0.3, 0.4) is 0 Å². The molecule has 96 valence electrons. The normalized spacial score (nSPS) is 16.5. The molecule has 0 aliphatic rings. The van der Waals surface area contributed by atoms with Crippen LogP contribution in [0.25, 0.3) is 0 Å². The lowest BCUT2D eigenvalue weighted by Crippen LogP contribution is -2.21. The van der Waals surface area contributed by atoms with Gasteiger partial charge < -0.3 is 0 Å². The first kappa shape index (κ1) is 14.5. The molecule has 1 heterocycles. The number of rotatable bonds is 7. The lowest BCUT2D eigenvalue weighted by molar-refractivity contribution is 0.399. The largest absolute Gasteiger partial charge is 0.261 e. The van der Waals surface area contributed by atoms with Gasteiger partial charge in [0.25, 0.3) is 0 Å². The molecule has 0 spiro atoms. The molecule has 0 radical (unpaired) electrons. The molecule has 0 aliphatic heterocycles. The zero-order valence-corrected chi connectivity index (χ0v) is 12.0. The molecular formula is C15H24ClN. The molecule has 0 saturated heterocycles. The van der Waals surface area contributed by atoms with Gasteiger partial charge in [-0.05, 0) is 24.5 Å². The van der Waals surface area contributed by atoms with E-state index in [1.54, 1.807) is 0 Å². The number of alkyl halides is 1. The molecule has 3 atom stereocenters. The van der Waals surface area contributed by atoms with E-state index in [1.807, 2.05) is 18.3 Å². The summed E-state index contributed by atoms with van der Waals surface area (Å²) >= 11 is 6.63. The SMILES string of the molecule is CCCCC(CC)C(Cl)C(C)c1ccccn1. The van der Waals surface area contributed by atoms with Gasteiger partial charge in [-0.2, -0.15) is 0 Å². The van der Waals surface area contributed by atoms with Gasteiger partial charge in [-0.1, -0.05) is 46.1 Å². The van der Waals surface area contributed by atoms with Crippen LogP contribution in [-0.4, -0.2) is 10.4 Å². The van der Waals surface area contributed by atoms with E-state index in [9.17, 15) is 0 Å². The molecule has 0 amide bonds. The van der Waals surface area contributed by atoms with Gasteiger partial charge in [-0.3, -0.25) is 4.98 Å². The van der Waals surface area contributed by atoms with Crippen molar-refractivity contribution < 1.29 is 0 Å². The second-order valence-electron chi connectivity index (χ2n) is 4.80. The second-order valence-corrected chi connectivity index (χ2v) is 5.30. The average Bonchev–Trinajstić information content (AvgIpc) is 2.39. The predicted octanol–water partition coefficient (Wildman–Crippen LogP) is 5.01. The third-order valence-corrected chi connectivity index (χ3v) is 4.27. The molecule has 0 saturated carbocycles. The van der Waals surface area contributed by atoms with Crippen molar-refractivity contribution >= 4 is 11.6 Å². The van der Waals surface area contributed by atoms with Gasteiger partial charge in [0.05, 0.1) is 0 Å². The van der Waals surface area contributed by atoms with Crippen LogP contribution < -0.4 is 0 Å². The van der Waals surface area contributed by atoms with E-state index in [1.165, 1.54) is 19.3 Å². The molecular weight excluding hydrogens is 230 g/mol. The van der Waals surface area contributed by atoms with E-state index in [2.05, 4.69) is 31.8 Å². The summed E-state index contributed by atoms with van der Waals surface area (Å²) in [6, 6.07) is 6.07. The zero-order chi connectivity index (χ0) is 12.7. The molecule has 0 aliphatic carbocycles. The third kappa shape index (κ3) is 4.31. The number of hydrogen-bond donors (Lipinski definition) is 0. The Kier molecular flexibility index (Phi) is 6.57. The Morgan fingerprint density at radius 3 is 2.59 bits per heavy atom. The minimum Gasteiger partial charge on any atom is -0.261 e. The molecule has 1 aromatic rings. The van der Waals surface area contributed by atoms with Crippen LogP contribution in [0.1, 0.15) is 58.1 Å². The Hall–Kier alpha value is -0.560. The fourth-order valence-corrected chi connectivity index (χ4v) is 2.70. The average molecular weight is 254 g/mol. The topological polar surface area (TPSA) is 12.9 Å². The number of halogens is 1. The van der Waals surface area contributed by atoms with Crippen LogP contribution in [0, 0.1) is 5.92 Å². The van der Waals surface area contributed by atoms with Crippen LogP contribution in [-0.2, 0) is 0 Å². The van der Waals surface area contributed by atoms with Gasteiger partial charge in [0.2, 0.25) is 0 Å². The maximum absolute atomic E-state index is 6.63. The molecule has 17 heavy (non-hydrogen) atoms. The highest BCUT2D eigenvalue weighted by atomic mass is 35.5. The number of hydrogen-bond acceptors (Lipinski definition) is 1. The first-order valence-electron chi connectivity index (χ1n) is 6.75. The summed E-state index contributed by atoms with van der Waals surface area (Å²) in [6.45, 7) is 6.66. The molecule has 0 N–H and O–H groups in total. The monoisotopic (exact) mass is 253 g/mol. The van der Waals surface area contributed by atoms with E-state index in [0.717, 1.165) is 12.1 Å². The quantitative estimate of drug-likeness (QED) is 0.623. The minimum absolute atomic E-state index is 0.196. The Morgan fingerprint density at radius 2 is 2.06 bits per heavy atom. The summed E-state index contributed by atoms with van der Waals surface area (Å²) in [5.41, 5.74) is 1.11. The fraction of sp³-hybridized carbons (Fsp3) is 0.667. The summed E-state index contributed by atoms with van der Waals surface area (Å²) in [6.07, 6.45) is 6.76. The summed E-state index contributed by atoms with van der Waals surface area (Å²) in [7, 11) is 0. The highest BCUT2D eigenvalue weighted by Gasteiger charge is 2.24. The Balaban J connectivity index is 2.63. The maximum atomic E-state index is 6.63. The lowest BCUT2D eigenvalue weighted by atomic mass is 9.87. The van der Waals surface area contributed by atoms with Crippen molar-refractivity contribution in [2.75, 3.05) is 0 Å². The summed E-state index contributed by atoms with van der Waals surface area (Å²) in [5.74, 6) is 0.938. The van der Waals surface area contributed by atoms with E-state index in [-0.39, 0.29) is 5.38 Å². The molecule has 2 heteroatoms. The Morgan fingerprint density at radius 1 is 1.29 bits per heavy atom. The molecule has 1 aromatic heterocycles. The molecule has 0 bridgehead atoms. The number of unbranched alkanes of at least 4 members (excludes halogenated alkanes) is 1. The molecule has 0 aromatic carbocycles. The van der Waals surface area contributed by atoms with Crippen molar-refractivity contribution in [3.63, 3.8) is 0 Å². The lowest BCUT2D eigenvalue weighted by Gasteiger charge is -2.26. The van der Waals surface area contributed by atoms with Gasteiger partial charge in [0, 0.05) is 23.2 Å². The van der Waals surface area contributed by atoms with E-state index >= 15 is 0 Å². The molecule has 1 nitrogen and oxygen atoms in total. The third-order valence-electron chi connectivity index (χ3n) is 3.54. The van der Waals surface area contributed by atoms with Crippen molar-refractivity contribution in [3.05, 3.63) is 30.1 Å². The Bertz CT molecular complexity index is 299. The minimum atomic E-state index is 0.196. The van der Waals surface area contributed by atoms with Crippen molar-refractivity contribution in [1.29, 1.82) is 0 Å². The molecule has 1 rings (SSSR count). The van der Waals surface area contributed by atoms with Crippen LogP contribution in [0.4, 0.5) is 0 Å². The van der Waals surface area contributed by atoms with Crippen molar-refractivity contribution in [3.8, 4) is 0 Å². The smallest absolute Gasteiger partial charge is 0.0446 e. The number of aromatic nitrogens is 1. The first-order chi connectivity index (χ1) is 8.20. The highest BCUT2D eigenvalue weighted by molar-refractivity contribution is 6.21. The van der Waals surface area contributed by atoms with E-state index < -0.39 is 0 Å². The van der Waals surface area contributed by atoms with Crippen LogP contribution in [0.5, 0.6) is 0 Å². The summed E-state index contributed by atoms with van der Waals surface area (Å²) in [4.78, 5) is 4.41. The number of pyridine rings is 1. The van der Waals surface area contributed by atoms with E-state index in [4.69, 9.17) is 11.6 Å². The first-order valence-corrected chi connectivity index (χ1v) is 7.19. The number of nitrogens with zero attached hydrogens (tertiary/aromatic N) is 1. The maximum Gasteiger partial charge on any atom is 0.0446 e. The van der Waals surface area contributed by atoms with Crippen LogP contribution in [0.2, 0.25) is 0 Å². The zero-order valence-electron chi connectivity index (χ0n) is 11.2. The second kappa shape index (κ2) is 7.71. The van der Waals surface area contributed by atoms with Gasteiger partial charge in [0.15, 0.2) is 0 Å². The van der Waals surface area contributed by atoms with Crippen LogP contribution >= 0.6 is 11.6 Å².